The highest BCUT2D eigenvalue weighted by atomic mass is 16.3. The lowest BCUT2D eigenvalue weighted by Crippen LogP contribution is -2.16. The summed E-state index contributed by atoms with van der Waals surface area (Å²) >= 11 is 0. The number of aromatic nitrogens is 1. The molecular weight excluding hydrogens is 380 g/mol. The fourth-order valence-electron chi connectivity index (χ4n) is 5.11. The predicted octanol–water partition coefficient (Wildman–Crippen LogP) is 6.76. The van der Waals surface area contributed by atoms with Gasteiger partial charge in [-0.25, -0.2) is 0 Å². The van der Waals surface area contributed by atoms with Gasteiger partial charge in [0.25, 0.3) is 0 Å². The molecule has 0 amide bonds. The summed E-state index contributed by atoms with van der Waals surface area (Å²) in [5.41, 5.74) is 6.82. The first-order valence-electron chi connectivity index (χ1n) is 11.1. The first-order chi connectivity index (χ1) is 15.3. The van der Waals surface area contributed by atoms with Gasteiger partial charge < -0.3 is 9.51 Å². The van der Waals surface area contributed by atoms with Crippen molar-refractivity contribution in [1.29, 1.82) is 5.26 Å². The maximum Gasteiger partial charge on any atom is 0.0992 e. The van der Waals surface area contributed by atoms with E-state index >= 15 is 0 Å². The van der Waals surface area contributed by atoms with Gasteiger partial charge in [0.05, 0.1) is 28.9 Å². The summed E-state index contributed by atoms with van der Waals surface area (Å²) in [4.78, 5) is 0. The summed E-state index contributed by atoms with van der Waals surface area (Å²) < 4.78 is 2.15. The van der Waals surface area contributed by atoms with Crippen LogP contribution in [-0.4, -0.2) is 9.51 Å². The van der Waals surface area contributed by atoms with E-state index in [9.17, 15) is 10.4 Å². The van der Waals surface area contributed by atoms with Crippen LogP contribution < -0.4 is 0 Å². The zero-order valence-electron chi connectivity index (χ0n) is 17.5. The van der Waals surface area contributed by atoms with Crippen molar-refractivity contribution in [3.05, 3.63) is 90.1 Å². The fourth-order valence-corrected chi connectivity index (χ4v) is 5.11. The third kappa shape index (κ3) is 3.54. The Hall–Kier alpha value is -3.35. The van der Waals surface area contributed by atoms with Crippen LogP contribution in [0.5, 0.6) is 0 Å². The average molecular weight is 407 g/mol. The minimum absolute atomic E-state index is 0.247. The number of rotatable bonds is 4. The van der Waals surface area contributed by atoms with Crippen molar-refractivity contribution >= 4 is 5.52 Å². The van der Waals surface area contributed by atoms with Gasteiger partial charge in [0, 0.05) is 17.3 Å². The molecule has 1 fully saturated rings. The monoisotopic (exact) mass is 406 g/mol. The molecule has 3 nitrogen and oxygen atoms in total. The van der Waals surface area contributed by atoms with Crippen LogP contribution in [0.1, 0.15) is 49.3 Å². The van der Waals surface area contributed by atoms with Crippen LogP contribution in [0.3, 0.4) is 0 Å². The van der Waals surface area contributed by atoms with Crippen LogP contribution in [0.2, 0.25) is 0 Å². The molecule has 1 N–H and O–H groups in total. The number of nitrogens with zero attached hydrogens (tertiary/aromatic N) is 2. The van der Waals surface area contributed by atoms with E-state index in [1.54, 1.807) is 0 Å². The van der Waals surface area contributed by atoms with E-state index in [1.165, 1.54) is 19.3 Å². The van der Waals surface area contributed by atoms with Crippen molar-refractivity contribution in [2.45, 2.75) is 38.2 Å². The smallest absolute Gasteiger partial charge is 0.0992 e. The summed E-state index contributed by atoms with van der Waals surface area (Å²) in [6.45, 7) is 0. The Kier molecular flexibility index (Phi) is 5.32. The molecule has 0 spiro atoms. The largest absolute Gasteiger partial charge is 0.388 e. The van der Waals surface area contributed by atoms with Gasteiger partial charge in [0.1, 0.15) is 0 Å². The highest BCUT2D eigenvalue weighted by Crippen LogP contribution is 2.46. The van der Waals surface area contributed by atoms with Crippen molar-refractivity contribution in [3.63, 3.8) is 0 Å². The van der Waals surface area contributed by atoms with Crippen molar-refractivity contribution < 1.29 is 5.11 Å². The van der Waals surface area contributed by atoms with Crippen molar-refractivity contribution in [2.24, 2.45) is 5.92 Å². The number of aliphatic hydroxyl groups is 1. The number of aliphatic hydroxyl groups excluding tert-OH is 1. The molecule has 1 aliphatic carbocycles. The van der Waals surface area contributed by atoms with Gasteiger partial charge in [-0.05, 0) is 42.0 Å². The molecule has 31 heavy (non-hydrogen) atoms. The molecule has 1 unspecified atom stereocenters. The van der Waals surface area contributed by atoms with Gasteiger partial charge in [0.15, 0.2) is 0 Å². The Morgan fingerprint density at radius 1 is 0.871 bits per heavy atom. The summed E-state index contributed by atoms with van der Waals surface area (Å²) in [5.74, 6) is 0.247. The van der Waals surface area contributed by atoms with Crippen molar-refractivity contribution in [2.75, 3.05) is 0 Å². The number of benzene rings is 2. The van der Waals surface area contributed by atoms with Crippen molar-refractivity contribution in [1.82, 2.24) is 4.40 Å². The summed E-state index contributed by atoms with van der Waals surface area (Å²) in [7, 11) is 0. The third-order valence-electron chi connectivity index (χ3n) is 6.61. The Balaban J connectivity index is 1.85. The SMILES string of the molecule is N#Cc1ccn2c(-c3ccccc3)c(-c3ccccc3)c(C(O)C3CCCCC3)c2c1. The number of nitriles is 1. The van der Waals surface area contributed by atoms with Crippen LogP contribution in [0.4, 0.5) is 0 Å². The number of fused-ring (bicyclic) bond motifs is 1. The molecule has 2 aromatic heterocycles. The van der Waals surface area contributed by atoms with Gasteiger partial charge in [-0.15, -0.1) is 0 Å². The second kappa shape index (κ2) is 8.41. The molecule has 3 heteroatoms. The normalized spacial score (nSPS) is 15.6. The minimum atomic E-state index is -0.558. The first-order valence-corrected chi connectivity index (χ1v) is 11.1. The zero-order chi connectivity index (χ0) is 21.2. The van der Waals surface area contributed by atoms with E-state index in [1.807, 2.05) is 54.7 Å². The van der Waals surface area contributed by atoms with Gasteiger partial charge in [0.2, 0.25) is 0 Å². The second-order valence-corrected chi connectivity index (χ2v) is 8.49. The first kappa shape index (κ1) is 19.6. The molecular formula is C28H26N2O. The molecule has 154 valence electrons. The third-order valence-corrected chi connectivity index (χ3v) is 6.61. The maximum atomic E-state index is 11.7. The molecule has 0 bridgehead atoms. The summed E-state index contributed by atoms with van der Waals surface area (Å²) in [5, 5.41) is 21.3. The van der Waals surface area contributed by atoms with E-state index < -0.39 is 6.10 Å². The van der Waals surface area contributed by atoms with E-state index in [0.717, 1.165) is 46.3 Å². The highest BCUT2D eigenvalue weighted by molar-refractivity contribution is 5.91. The number of hydrogen-bond donors (Lipinski definition) is 1. The summed E-state index contributed by atoms with van der Waals surface area (Å²) in [6.07, 6.45) is 7.10. The molecule has 0 saturated heterocycles. The second-order valence-electron chi connectivity index (χ2n) is 8.49. The Morgan fingerprint density at radius 3 is 2.16 bits per heavy atom. The van der Waals surface area contributed by atoms with Crippen LogP contribution in [0, 0.1) is 17.2 Å². The average Bonchev–Trinajstić information content (AvgIpc) is 3.19. The highest BCUT2D eigenvalue weighted by Gasteiger charge is 2.31. The predicted molar refractivity (Wildman–Crippen MR) is 125 cm³/mol. The number of pyridine rings is 1. The van der Waals surface area contributed by atoms with E-state index in [4.69, 9.17) is 0 Å². The molecule has 0 radical (unpaired) electrons. The molecule has 0 aliphatic heterocycles. The molecule has 1 aliphatic rings. The lowest BCUT2D eigenvalue weighted by atomic mass is 9.81. The van der Waals surface area contributed by atoms with Crippen LogP contribution in [0.15, 0.2) is 79.0 Å². The van der Waals surface area contributed by atoms with E-state index in [2.05, 4.69) is 34.7 Å². The van der Waals surface area contributed by atoms with Gasteiger partial charge in [-0.3, -0.25) is 0 Å². The minimum Gasteiger partial charge on any atom is -0.388 e. The fraction of sp³-hybridized carbons (Fsp3) is 0.250. The Bertz CT molecular complexity index is 1230. The quantitative estimate of drug-likeness (QED) is 0.407. The lowest BCUT2D eigenvalue weighted by Gasteiger charge is -2.27. The van der Waals surface area contributed by atoms with Gasteiger partial charge >= 0.3 is 0 Å². The molecule has 1 saturated carbocycles. The Morgan fingerprint density at radius 2 is 1.52 bits per heavy atom. The molecule has 1 atom stereocenters. The molecule has 5 rings (SSSR count). The topological polar surface area (TPSA) is 48.4 Å². The van der Waals surface area contributed by atoms with Crippen molar-refractivity contribution in [3.8, 4) is 28.5 Å². The van der Waals surface area contributed by atoms with Crippen LogP contribution in [-0.2, 0) is 0 Å². The molecule has 2 aromatic carbocycles. The number of hydrogen-bond acceptors (Lipinski definition) is 2. The maximum absolute atomic E-state index is 11.7. The Labute approximate surface area is 183 Å². The van der Waals surface area contributed by atoms with Gasteiger partial charge in [-0.1, -0.05) is 79.9 Å². The lowest BCUT2D eigenvalue weighted by molar-refractivity contribution is 0.0865. The molecule has 4 aromatic rings. The van der Waals surface area contributed by atoms with Crippen LogP contribution >= 0.6 is 0 Å². The van der Waals surface area contributed by atoms with E-state index in [0.29, 0.717) is 5.56 Å². The van der Waals surface area contributed by atoms with E-state index in [-0.39, 0.29) is 5.92 Å². The zero-order valence-corrected chi connectivity index (χ0v) is 17.5. The summed E-state index contributed by atoms with van der Waals surface area (Å²) in [6, 6.07) is 26.7. The standard InChI is InChI=1S/C28H26N2O/c29-19-20-16-17-30-24(18-20)26(28(31)23-14-8-3-9-15-23)25(21-10-4-1-5-11-21)27(30)22-12-6-2-7-13-22/h1-2,4-7,10-13,16-18,23,28,31H,3,8-9,14-15H2. The van der Waals surface area contributed by atoms with Gasteiger partial charge in [-0.2, -0.15) is 5.26 Å². The molecule has 2 heterocycles. The van der Waals surface area contributed by atoms with Crippen LogP contribution in [0.25, 0.3) is 27.9 Å².